The molecule has 0 unspecified atom stereocenters. The Morgan fingerprint density at radius 2 is 1.23 bits per heavy atom. The highest BCUT2D eigenvalue weighted by Crippen LogP contribution is 2.31. The summed E-state index contributed by atoms with van der Waals surface area (Å²) in [5.41, 5.74) is 4.23. The lowest BCUT2D eigenvalue weighted by molar-refractivity contribution is -0.114. The van der Waals surface area contributed by atoms with Crippen molar-refractivity contribution in [3.05, 3.63) is 89.0 Å². The van der Waals surface area contributed by atoms with E-state index in [9.17, 15) is 14.4 Å². The van der Waals surface area contributed by atoms with Crippen LogP contribution >= 0.6 is 0 Å². The maximum Gasteiger partial charge on any atom is 0.221 e. The molecule has 4 nitrogen and oxygen atoms in total. The van der Waals surface area contributed by atoms with Gasteiger partial charge in [-0.1, -0.05) is 42.5 Å². The third-order valence-corrected chi connectivity index (χ3v) is 4.46. The van der Waals surface area contributed by atoms with Gasteiger partial charge in [0, 0.05) is 34.9 Å². The number of benzene rings is 3. The molecule has 1 aliphatic carbocycles. The van der Waals surface area contributed by atoms with Gasteiger partial charge in [-0.15, -0.1) is 0 Å². The van der Waals surface area contributed by atoms with E-state index in [4.69, 9.17) is 0 Å². The monoisotopic (exact) mass is 341 g/mol. The Bertz CT molecular complexity index is 1070. The van der Waals surface area contributed by atoms with Gasteiger partial charge in [0.1, 0.15) is 0 Å². The van der Waals surface area contributed by atoms with Crippen LogP contribution in [0, 0.1) is 0 Å². The molecule has 0 spiro atoms. The topological polar surface area (TPSA) is 63.2 Å². The molecule has 0 aliphatic heterocycles. The number of rotatable bonds is 2. The van der Waals surface area contributed by atoms with Crippen molar-refractivity contribution in [3.8, 4) is 11.1 Å². The maximum absolute atomic E-state index is 12.8. The van der Waals surface area contributed by atoms with Gasteiger partial charge in [-0.05, 0) is 35.4 Å². The lowest BCUT2D eigenvalue weighted by Crippen LogP contribution is -2.20. The molecule has 4 heteroatoms. The molecule has 0 saturated heterocycles. The number of amides is 1. The number of fused-ring (bicyclic) bond motifs is 2. The molecule has 3 aromatic carbocycles. The number of hydrogen-bond acceptors (Lipinski definition) is 3. The minimum Gasteiger partial charge on any atom is -0.326 e. The van der Waals surface area contributed by atoms with Crippen LogP contribution in [0.15, 0.2) is 66.7 Å². The number of ketones is 2. The molecule has 4 rings (SSSR count). The summed E-state index contributed by atoms with van der Waals surface area (Å²) in [6, 6.07) is 19.6. The van der Waals surface area contributed by atoms with Crippen molar-refractivity contribution in [2.45, 2.75) is 6.92 Å². The van der Waals surface area contributed by atoms with Crippen LogP contribution in [0.25, 0.3) is 11.1 Å². The largest absolute Gasteiger partial charge is 0.326 e. The van der Waals surface area contributed by atoms with Gasteiger partial charge in [0.15, 0.2) is 11.6 Å². The predicted molar refractivity (Wildman–Crippen MR) is 99.5 cm³/mol. The molecule has 0 aromatic heterocycles. The molecular weight excluding hydrogens is 326 g/mol. The first-order chi connectivity index (χ1) is 12.5. The maximum atomic E-state index is 12.8. The standard InChI is InChI=1S/C22H15NO3/c1-13(24)23-16-9-6-14(7-10-16)15-8-11-19-20(12-15)22(26)18-5-3-2-4-17(18)21(19)25/h2-12H,1H3,(H,23,24). The molecule has 0 saturated carbocycles. The van der Waals surface area contributed by atoms with Crippen molar-refractivity contribution in [2.24, 2.45) is 0 Å². The summed E-state index contributed by atoms with van der Waals surface area (Å²) in [5, 5.41) is 2.72. The van der Waals surface area contributed by atoms with Gasteiger partial charge in [-0.25, -0.2) is 0 Å². The zero-order chi connectivity index (χ0) is 18.3. The van der Waals surface area contributed by atoms with E-state index in [0.717, 1.165) is 11.1 Å². The molecule has 1 aliphatic rings. The van der Waals surface area contributed by atoms with Crippen molar-refractivity contribution in [3.63, 3.8) is 0 Å². The second kappa shape index (κ2) is 6.08. The molecule has 126 valence electrons. The van der Waals surface area contributed by atoms with Crippen LogP contribution in [0.1, 0.15) is 38.8 Å². The van der Waals surface area contributed by atoms with Gasteiger partial charge < -0.3 is 5.32 Å². The number of nitrogens with one attached hydrogen (secondary N) is 1. The predicted octanol–water partition coefficient (Wildman–Crippen LogP) is 4.09. The van der Waals surface area contributed by atoms with Crippen LogP contribution < -0.4 is 5.32 Å². The lowest BCUT2D eigenvalue weighted by Gasteiger charge is -2.18. The Hall–Kier alpha value is -3.53. The fourth-order valence-electron chi connectivity index (χ4n) is 3.23. The molecule has 0 bridgehead atoms. The zero-order valence-electron chi connectivity index (χ0n) is 14.1. The summed E-state index contributed by atoms with van der Waals surface area (Å²) in [4.78, 5) is 36.6. The fraction of sp³-hybridized carbons (Fsp3) is 0.0455. The number of hydrogen-bond donors (Lipinski definition) is 1. The number of carbonyl (C=O) groups is 3. The smallest absolute Gasteiger partial charge is 0.221 e. The van der Waals surface area contributed by atoms with E-state index in [0.29, 0.717) is 27.9 Å². The Balaban J connectivity index is 1.75. The quantitative estimate of drug-likeness (QED) is 0.597. The Morgan fingerprint density at radius 1 is 0.692 bits per heavy atom. The third-order valence-electron chi connectivity index (χ3n) is 4.46. The summed E-state index contributed by atoms with van der Waals surface area (Å²) in [7, 11) is 0. The second-order valence-electron chi connectivity index (χ2n) is 6.22. The average molecular weight is 341 g/mol. The van der Waals surface area contributed by atoms with Crippen LogP contribution in [-0.2, 0) is 4.79 Å². The highest BCUT2D eigenvalue weighted by atomic mass is 16.1. The van der Waals surface area contributed by atoms with E-state index >= 15 is 0 Å². The Labute approximate surface area is 150 Å². The highest BCUT2D eigenvalue weighted by molar-refractivity contribution is 6.28. The van der Waals surface area contributed by atoms with E-state index in [-0.39, 0.29) is 17.5 Å². The second-order valence-corrected chi connectivity index (χ2v) is 6.22. The van der Waals surface area contributed by atoms with Gasteiger partial charge >= 0.3 is 0 Å². The van der Waals surface area contributed by atoms with E-state index in [1.807, 2.05) is 18.2 Å². The Kier molecular flexibility index (Phi) is 3.73. The Morgan fingerprint density at radius 3 is 1.85 bits per heavy atom. The average Bonchev–Trinajstić information content (AvgIpc) is 2.66. The van der Waals surface area contributed by atoms with Crippen molar-refractivity contribution < 1.29 is 14.4 Å². The van der Waals surface area contributed by atoms with E-state index in [1.165, 1.54) is 6.92 Å². The summed E-state index contributed by atoms with van der Waals surface area (Å²) < 4.78 is 0. The van der Waals surface area contributed by atoms with Crippen LogP contribution in [0.3, 0.4) is 0 Å². The SMILES string of the molecule is CC(=O)Nc1ccc(-c2ccc3c(c2)C(=O)c2ccccc2C3=O)cc1. The van der Waals surface area contributed by atoms with Crippen LogP contribution in [0.4, 0.5) is 5.69 Å². The van der Waals surface area contributed by atoms with Gasteiger partial charge in [0.2, 0.25) is 5.91 Å². The van der Waals surface area contributed by atoms with Gasteiger partial charge in [-0.2, -0.15) is 0 Å². The zero-order valence-corrected chi connectivity index (χ0v) is 14.1. The van der Waals surface area contributed by atoms with Crippen molar-refractivity contribution in [1.82, 2.24) is 0 Å². The first-order valence-electron chi connectivity index (χ1n) is 8.25. The van der Waals surface area contributed by atoms with Crippen molar-refractivity contribution >= 4 is 23.2 Å². The molecule has 0 heterocycles. The number of anilines is 1. The van der Waals surface area contributed by atoms with Gasteiger partial charge in [0.25, 0.3) is 0 Å². The van der Waals surface area contributed by atoms with Crippen molar-refractivity contribution in [1.29, 1.82) is 0 Å². The molecule has 3 aromatic rings. The third kappa shape index (κ3) is 2.62. The van der Waals surface area contributed by atoms with Gasteiger partial charge in [-0.3, -0.25) is 14.4 Å². The van der Waals surface area contributed by atoms with Gasteiger partial charge in [0.05, 0.1) is 0 Å². The van der Waals surface area contributed by atoms with Crippen LogP contribution in [0.2, 0.25) is 0 Å². The van der Waals surface area contributed by atoms with Crippen LogP contribution in [0.5, 0.6) is 0 Å². The normalized spacial score (nSPS) is 12.3. The summed E-state index contributed by atoms with van der Waals surface area (Å²) >= 11 is 0. The van der Waals surface area contributed by atoms with E-state index in [2.05, 4.69) is 5.32 Å². The fourth-order valence-corrected chi connectivity index (χ4v) is 3.23. The minimum absolute atomic E-state index is 0.122. The van der Waals surface area contributed by atoms with Crippen LogP contribution in [-0.4, -0.2) is 17.5 Å². The summed E-state index contributed by atoms with van der Waals surface area (Å²) in [6.45, 7) is 1.46. The number of carbonyl (C=O) groups excluding carboxylic acids is 3. The molecular formula is C22H15NO3. The summed E-state index contributed by atoms with van der Waals surface area (Å²) in [6.07, 6.45) is 0. The molecule has 1 N–H and O–H groups in total. The summed E-state index contributed by atoms with van der Waals surface area (Å²) in [5.74, 6) is -0.385. The first-order valence-corrected chi connectivity index (χ1v) is 8.25. The first kappa shape index (κ1) is 16.0. The molecule has 0 atom stereocenters. The lowest BCUT2D eigenvalue weighted by atomic mass is 9.83. The van der Waals surface area contributed by atoms with E-state index < -0.39 is 0 Å². The molecule has 26 heavy (non-hydrogen) atoms. The minimum atomic E-state index is -0.132. The highest BCUT2D eigenvalue weighted by Gasteiger charge is 2.29. The van der Waals surface area contributed by atoms with E-state index in [1.54, 1.807) is 48.5 Å². The molecule has 0 fully saturated rings. The molecule has 0 radical (unpaired) electrons. The van der Waals surface area contributed by atoms with Crippen molar-refractivity contribution in [2.75, 3.05) is 5.32 Å². The molecule has 1 amide bonds.